The Bertz CT molecular complexity index is 1190. The fraction of sp³-hybridized carbons (Fsp3) is 0.226. The lowest BCUT2D eigenvalue weighted by Gasteiger charge is -2.30. The molecule has 0 bridgehead atoms. The number of aryl methyl sites for hydroxylation is 2. The van der Waals surface area contributed by atoms with E-state index in [1.807, 2.05) is 42.5 Å². The fourth-order valence-corrected chi connectivity index (χ4v) is 4.27. The van der Waals surface area contributed by atoms with Crippen molar-refractivity contribution in [3.05, 3.63) is 115 Å². The quantitative estimate of drug-likeness (QED) is 0.228. The summed E-state index contributed by atoms with van der Waals surface area (Å²) in [6.45, 7) is 14.7. The first-order chi connectivity index (χ1) is 17.2. The van der Waals surface area contributed by atoms with Crippen LogP contribution in [0.5, 0.6) is 0 Å². The molecule has 36 heavy (non-hydrogen) atoms. The van der Waals surface area contributed by atoms with E-state index in [4.69, 9.17) is 9.47 Å². The number of carbonyl (C=O) groups is 2. The van der Waals surface area contributed by atoms with Crippen molar-refractivity contribution in [2.24, 2.45) is 0 Å². The van der Waals surface area contributed by atoms with Gasteiger partial charge in [0.2, 0.25) is 0 Å². The highest BCUT2D eigenvalue weighted by molar-refractivity contribution is 5.82. The van der Waals surface area contributed by atoms with E-state index >= 15 is 0 Å². The summed E-state index contributed by atoms with van der Waals surface area (Å²) in [4.78, 5) is 26.0. The van der Waals surface area contributed by atoms with E-state index < -0.39 is 30.1 Å². The average molecular weight is 484 g/mol. The maximum Gasteiger partial charge on any atom is 0.330 e. The van der Waals surface area contributed by atoms with E-state index in [1.54, 1.807) is 13.8 Å². The molecule has 0 N–H and O–H groups in total. The maximum atomic E-state index is 11.9. The van der Waals surface area contributed by atoms with Crippen LogP contribution in [0.15, 0.2) is 98.1 Å². The van der Waals surface area contributed by atoms with E-state index in [1.165, 1.54) is 11.1 Å². The highest BCUT2D eigenvalue weighted by atomic mass is 16.6. The van der Waals surface area contributed by atoms with Gasteiger partial charge in [0, 0.05) is 29.2 Å². The van der Waals surface area contributed by atoms with Crippen molar-refractivity contribution in [1.29, 1.82) is 0 Å². The number of para-hydroxylation sites is 1. The molecule has 0 amide bonds. The van der Waals surface area contributed by atoms with Crippen molar-refractivity contribution in [3.8, 4) is 0 Å². The summed E-state index contributed by atoms with van der Waals surface area (Å²) < 4.78 is 11.0. The minimum absolute atomic E-state index is 0.390. The number of benzene rings is 3. The highest BCUT2D eigenvalue weighted by Gasteiger charge is 2.30. The van der Waals surface area contributed by atoms with Gasteiger partial charge in [-0.1, -0.05) is 49.6 Å². The van der Waals surface area contributed by atoms with E-state index in [9.17, 15) is 9.59 Å². The van der Waals surface area contributed by atoms with Crippen LogP contribution in [0.3, 0.4) is 0 Å². The van der Waals surface area contributed by atoms with Crippen molar-refractivity contribution < 1.29 is 19.1 Å². The molecule has 3 aromatic rings. The molecule has 0 saturated heterocycles. The molecule has 186 valence electrons. The monoisotopic (exact) mass is 483 g/mol. The van der Waals surface area contributed by atoms with Gasteiger partial charge in [-0.25, -0.2) is 9.59 Å². The smallest absolute Gasteiger partial charge is 0.330 e. The Balaban J connectivity index is 2.02. The Morgan fingerprint density at radius 2 is 1.22 bits per heavy atom. The van der Waals surface area contributed by atoms with E-state index in [0.29, 0.717) is 0 Å². The third kappa shape index (κ3) is 6.30. The predicted molar refractivity (Wildman–Crippen MR) is 145 cm³/mol. The van der Waals surface area contributed by atoms with Crippen LogP contribution in [0.2, 0.25) is 0 Å². The third-order valence-corrected chi connectivity index (χ3v) is 6.25. The molecular formula is C31H33NO4. The largest absolute Gasteiger partial charge is 0.459 e. The van der Waals surface area contributed by atoms with Crippen molar-refractivity contribution in [2.45, 2.75) is 45.8 Å². The van der Waals surface area contributed by atoms with Crippen LogP contribution < -0.4 is 4.90 Å². The second-order valence-corrected chi connectivity index (χ2v) is 8.75. The zero-order valence-corrected chi connectivity index (χ0v) is 21.3. The fourth-order valence-electron chi connectivity index (χ4n) is 4.27. The Kier molecular flexibility index (Phi) is 8.85. The second-order valence-electron chi connectivity index (χ2n) is 8.75. The lowest BCUT2D eigenvalue weighted by Crippen LogP contribution is -2.32. The second kappa shape index (κ2) is 12.0. The molecule has 3 aromatic carbocycles. The minimum Gasteiger partial charge on any atom is -0.459 e. The molecular weight excluding hydrogens is 450 g/mol. The van der Waals surface area contributed by atoms with Crippen LogP contribution in [-0.2, 0) is 19.1 Å². The number of carbonyl (C=O) groups excluding carboxylic acids is 2. The minimum atomic E-state index is -0.557. The Morgan fingerprint density at radius 3 is 1.72 bits per heavy atom. The summed E-state index contributed by atoms with van der Waals surface area (Å²) in [6.07, 6.45) is 1.13. The Morgan fingerprint density at radius 1 is 0.722 bits per heavy atom. The molecule has 0 radical (unpaired) electrons. The van der Waals surface area contributed by atoms with Gasteiger partial charge in [-0.15, -0.1) is 0 Å². The van der Waals surface area contributed by atoms with Crippen LogP contribution >= 0.6 is 0 Å². The molecule has 0 aliphatic rings. The van der Waals surface area contributed by atoms with Gasteiger partial charge in [-0.05, 0) is 80.8 Å². The molecule has 0 spiro atoms. The van der Waals surface area contributed by atoms with Crippen molar-refractivity contribution in [3.63, 3.8) is 0 Å². The van der Waals surface area contributed by atoms with Gasteiger partial charge in [0.15, 0.2) is 0 Å². The molecule has 0 heterocycles. The normalized spacial score (nSPS) is 13.1. The van der Waals surface area contributed by atoms with Crippen LogP contribution in [-0.4, -0.2) is 24.1 Å². The van der Waals surface area contributed by atoms with Gasteiger partial charge >= 0.3 is 11.9 Å². The first kappa shape index (κ1) is 26.5. The Labute approximate surface area is 213 Å². The zero-order valence-electron chi connectivity index (χ0n) is 21.3. The van der Waals surface area contributed by atoms with E-state index in [-0.39, 0.29) is 0 Å². The summed E-state index contributed by atoms with van der Waals surface area (Å²) in [7, 11) is 0. The average Bonchev–Trinajstić information content (AvgIpc) is 2.87. The van der Waals surface area contributed by atoms with Crippen molar-refractivity contribution >= 4 is 29.0 Å². The number of hydrogen-bond donors (Lipinski definition) is 0. The molecule has 0 aromatic heterocycles. The number of anilines is 3. The third-order valence-electron chi connectivity index (χ3n) is 6.25. The number of nitrogens with zero attached hydrogens (tertiary/aromatic N) is 1. The number of rotatable bonds is 10. The zero-order chi connectivity index (χ0) is 26.2. The summed E-state index contributed by atoms with van der Waals surface area (Å²) in [5.41, 5.74) is 6.37. The van der Waals surface area contributed by atoms with Crippen LogP contribution in [0.1, 0.15) is 36.5 Å². The molecule has 3 rings (SSSR count). The molecule has 2 atom stereocenters. The SMILES string of the molecule is C=CC(=O)OC(C)C(c1ccc(N(c2ccccc2)c2ccc(C)c(C)c2)cc1)C(C)OC(=O)C=C. The van der Waals surface area contributed by atoms with E-state index in [2.05, 4.69) is 62.2 Å². The first-order valence-corrected chi connectivity index (χ1v) is 11.9. The van der Waals surface area contributed by atoms with Gasteiger partial charge < -0.3 is 14.4 Å². The summed E-state index contributed by atoms with van der Waals surface area (Å²) in [5.74, 6) is -1.45. The molecule has 0 aliphatic carbocycles. The molecule has 5 heteroatoms. The molecule has 2 unspecified atom stereocenters. The lowest BCUT2D eigenvalue weighted by molar-refractivity contribution is -0.149. The van der Waals surface area contributed by atoms with Crippen LogP contribution in [0.4, 0.5) is 17.1 Å². The molecule has 0 fully saturated rings. The van der Waals surface area contributed by atoms with Crippen molar-refractivity contribution in [2.75, 3.05) is 4.90 Å². The van der Waals surface area contributed by atoms with Gasteiger partial charge in [-0.3, -0.25) is 0 Å². The van der Waals surface area contributed by atoms with E-state index in [0.717, 1.165) is 34.8 Å². The summed E-state index contributed by atoms with van der Waals surface area (Å²) in [5, 5.41) is 0. The topological polar surface area (TPSA) is 55.8 Å². The van der Waals surface area contributed by atoms with Gasteiger partial charge in [0.05, 0.1) is 5.92 Å². The lowest BCUT2D eigenvalue weighted by atomic mass is 9.89. The van der Waals surface area contributed by atoms with Crippen LogP contribution in [0.25, 0.3) is 0 Å². The number of hydrogen-bond acceptors (Lipinski definition) is 5. The summed E-state index contributed by atoms with van der Waals surface area (Å²) >= 11 is 0. The van der Waals surface area contributed by atoms with Gasteiger partial charge in [0.1, 0.15) is 12.2 Å². The standard InChI is InChI=1S/C31H33NO4/c1-7-29(33)35-23(5)31(24(6)36-30(34)8-2)25-15-18-27(19-16-25)32(26-12-10-9-11-13-26)28-17-14-21(3)22(4)20-28/h7-20,23-24,31H,1-2H2,3-6H3. The number of esters is 2. The molecule has 5 nitrogen and oxygen atoms in total. The predicted octanol–water partition coefficient (Wildman–Crippen LogP) is 7.09. The molecule has 0 aliphatic heterocycles. The Hall–Kier alpha value is -4.12. The highest BCUT2D eigenvalue weighted by Crippen LogP contribution is 2.37. The summed E-state index contributed by atoms with van der Waals surface area (Å²) in [6, 6.07) is 24.6. The molecule has 0 saturated carbocycles. The van der Waals surface area contributed by atoms with Crippen molar-refractivity contribution in [1.82, 2.24) is 0 Å². The maximum absolute atomic E-state index is 11.9. The number of ether oxygens (including phenoxy) is 2. The first-order valence-electron chi connectivity index (χ1n) is 11.9. The van der Waals surface area contributed by atoms with Gasteiger partial charge in [0.25, 0.3) is 0 Å². The van der Waals surface area contributed by atoms with Crippen LogP contribution in [0, 0.1) is 13.8 Å². The van der Waals surface area contributed by atoms with Gasteiger partial charge in [-0.2, -0.15) is 0 Å².